The number of halogens is 1. The number of aliphatic hydroxyl groups excluding tert-OH is 2. The van der Waals surface area contributed by atoms with E-state index in [1.54, 1.807) is 0 Å². The second-order valence-electron chi connectivity index (χ2n) is 9.08. The van der Waals surface area contributed by atoms with Crippen molar-refractivity contribution in [3.05, 3.63) is 27.9 Å². The van der Waals surface area contributed by atoms with E-state index in [9.17, 15) is 10.2 Å². The average Bonchev–Trinajstić information content (AvgIpc) is 2.82. The highest BCUT2D eigenvalue weighted by Crippen LogP contribution is 2.28. The van der Waals surface area contributed by atoms with Crippen LogP contribution in [0.25, 0.3) is 0 Å². The Morgan fingerprint density at radius 3 is 2.06 bits per heavy atom. The number of hydrogen-bond donors (Lipinski definition) is 2. The molecule has 0 saturated carbocycles. The Morgan fingerprint density at radius 1 is 0.939 bits per heavy atom. The number of rotatable bonds is 8. The Bertz CT molecular complexity index is 838. The van der Waals surface area contributed by atoms with E-state index >= 15 is 0 Å². The van der Waals surface area contributed by atoms with Gasteiger partial charge in [0, 0.05) is 44.8 Å². The Hall–Kier alpha value is -1.90. The lowest BCUT2D eigenvalue weighted by atomic mass is 10.1. The highest BCUT2D eigenvalue weighted by molar-refractivity contribution is 6.28. The number of nitrogens with zero attached hydrogens (tertiary/aromatic N) is 6. The van der Waals surface area contributed by atoms with E-state index in [2.05, 4.69) is 26.7 Å². The molecule has 1 aromatic heterocycles. The molecule has 2 fully saturated rings. The Kier molecular flexibility index (Phi) is 9.77. The standard InChI is InChI=1S/C24H39ClN6O2/c1-18(2)21(31(14-16-32)15-17-33)27-23(30-12-8-5-9-13-30)20-19(3)22(28-24(25)26-20)29-10-6-4-7-11-29/h32-33H,4-17H2,1-3H3/b27-23+. The fourth-order valence-corrected chi connectivity index (χ4v) is 4.82. The third-order valence-electron chi connectivity index (χ3n) is 6.31. The van der Waals surface area contributed by atoms with Gasteiger partial charge in [-0.2, -0.15) is 0 Å². The van der Waals surface area contributed by atoms with E-state index in [0.29, 0.717) is 13.1 Å². The summed E-state index contributed by atoms with van der Waals surface area (Å²) in [5.41, 5.74) is 2.78. The molecule has 0 spiro atoms. The van der Waals surface area contributed by atoms with E-state index < -0.39 is 0 Å². The fourth-order valence-electron chi connectivity index (χ4n) is 4.65. The minimum atomic E-state index is -0.0111. The number of amidine groups is 1. The van der Waals surface area contributed by atoms with Crippen molar-refractivity contribution in [3.8, 4) is 0 Å². The van der Waals surface area contributed by atoms with Crippen LogP contribution in [0.2, 0.25) is 5.28 Å². The molecule has 0 radical (unpaired) electrons. The zero-order valence-corrected chi connectivity index (χ0v) is 21.1. The van der Waals surface area contributed by atoms with E-state index in [4.69, 9.17) is 16.6 Å². The van der Waals surface area contributed by atoms with Crippen molar-refractivity contribution in [2.75, 3.05) is 57.4 Å². The Morgan fingerprint density at radius 2 is 1.52 bits per heavy atom. The summed E-state index contributed by atoms with van der Waals surface area (Å²) >= 11 is 6.47. The largest absolute Gasteiger partial charge is 0.395 e. The molecule has 3 rings (SSSR count). The number of aliphatic hydroxyl groups is 2. The van der Waals surface area contributed by atoms with E-state index in [-0.39, 0.29) is 18.5 Å². The van der Waals surface area contributed by atoms with E-state index in [1.165, 1.54) is 12.8 Å². The van der Waals surface area contributed by atoms with Crippen LogP contribution in [-0.2, 0) is 0 Å². The topological polar surface area (TPSA) is 88.3 Å². The van der Waals surface area contributed by atoms with Gasteiger partial charge in [-0.15, -0.1) is 0 Å². The number of piperidine rings is 2. The lowest BCUT2D eigenvalue weighted by molar-refractivity contribution is 0.186. The molecule has 0 aliphatic carbocycles. The summed E-state index contributed by atoms with van der Waals surface area (Å²) in [5, 5.41) is 19.5. The molecule has 9 heteroatoms. The number of aromatic nitrogens is 2. The van der Waals surface area contributed by atoms with Crippen LogP contribution < -0.4 is 4.90 Å². The van der Waals surface area contributed by atoms with Crippen LogP contribution in [0.3, 0.4) is 0 Å². The molecule has 2 N–H and O–H groups in total. The molecule has 2 aliphatic rings. The lowest BCUT2D eigenvalue weighted by Crippen LogP contribution is -2.39. The molecular formula is C24H39ClN6O2. The molecular weight excluding hydrogens is 440 g/mol. The number of likely N-dealkylation sites (tertiary alicyclic amines) is 1. The van der Waals surface area contributed by atoms with Crippen LogP contribution in [0.4, 0.5) is 5.82 Å². The molecule has 0 amide bonds. The second-order valence-corrected chi connectivity index (χ2v) is 9.42. The van der Waals surface area contributed by atoms with Gasteiger partial charge >= 0.3 is 0 Å². The first kappa shape index (κ1) is 25.7. The van der Waals surface area contributed by atoms with Gasteiger partial charge < -0.3 is 24.9 Å². The van der Waals surface area contributed by atoms with Crippen LogP contribution in [0.5, 0.6) is 0 Å². The molecule has 0 bridgehead atoms. The van der Waals surface area contributed by atoms with Crippen molar-refractivity contribution in [2.45, 2.75) is 59.3 Å². The Labute approximate surface area is 203 Å². The molecule has 3 heterocycles. The van der Waals surface area contributed by atoms with Gasteiger partial charge in [0.25, 0.3) is 0 Å². The van der Waals surface area contributed by atoms with Crippen LogP contribution >= 0.6 is 11.6 Å². The van der Waals surface area contributed by atoms with Crippen molar-refractivity contribution >= 4 is 23.3 Å². The first-order valence-corrected chi connectivity index (χ1v) is 12.6. The molecule has 8 nitrogen and oxygen atoms in total. The minimum Gasteiger partial charge on any atom is -0.395 e. The van der Waals surface area contributed by atoms with Crippen molar-refractivity contribution in [1.82, 2.24) is 19.8 Å². The molecule has 184 valence electrons. The maximum Gasteiger partial charge on any atom is 0.225 e. The van der Waals surface area contributed by atoms with Crippen molar-refractivity contribution in [2.24, 2.45) is 4.99 Å². The number of anilines is 1. The highest BCUT2D eigenvalue weighted by Gasteiger charge is 2.26. The Balaban J connectivity index is 2.13. The maximum atomic E-state index is 9.61. The maximum absolute atomic E-state index is 9.61. The van der Waals surface area contributed by atoms with Gasteiger partial charge in [0.05, 0.1) is 13.2 Å². The third-order valence-corrected chi connectivity index (χ3v) is 6.48. The van der Waals surface area contributed by atoms with Crippen LogP contribution in [0.1, 0.15) is 63.6 Å². The number of hydrogen-bond acceptors (Lipinski definition) is 7. The van der Waals surface area contributed by atoms with Crippen LogP contribution in [0.15, 0.2) is 16.4 Å². The summed E-state index contributed by atoms with van der Waals surface area (Å²) in [5.74, 6) is 2.45. The van der Waals surface area contributed by atoms with Crippen LogP contribution in [-0.4, -0.2) is 88.3 Å². The van der Waals surface area contributed by atoms with Crippen molar-refractivity contribution in [1.29, 1.82) is 0 Å². The summed E-state index contributed by atoms with van der Waals surface area (Å²) in [6.07, 6.45) is 6.99. The smallest absolute Gasteiger partial charge is 0.225 e. The lowest BCUT2D eigenvalue weighted by Gasteiger charge is -2.33. The van der Waals surface area contributed by atoms with Crippen molar-refractivity contribution < 1.29 is 10.2 Å². The monoisotopic (exact) mass is 478 g/mol. The molecule has 0 aromatic carbocycles. The normalized spacial score (nSPS) is 17.3. The summed E-state index contributed by atoms with van der Waals surface area (Å²) in [6.45, 7) is 10.6. The molecule has 0 atom stereocenters. The van der Waals surface area contributed by atoms with Gasteiger partial charge in [0.15, 0.2) is 5.84 Å². The van der Waals surface area contributed by atoms with Gasteiger partial charge in [0.2, 0.25) is 5.28 Å². The molecule has 33 heavy (non-hydrogen) atoms. The number of allylic oxidation sites excluding steroid dienone is 1. The first-order valence-electron chi connectivity index (χ1n) is 12.2. The molecule has 2 saturated heterocycles. The summed E-state index contributed by atoms with van der Waals surface area (Å²) in [7, 11) is 0. The summed E-state index contributed by atoms with van der Waals surface area (Å²) in [6, 6.07) is 0. The summed E-state index contributed by atoms with van der Waals surface area (Å²) in [4.78, 5) is 21.0. The predicted octanol–water partition coefficient (Wildman–Crippen LogP) is 3.20. The third kappa shape index (κ3) is 6.58. The minimum absolute atomic E-state index is 0.0111. The van der Waals surface area contributed by atoms with Crippen LogP contribution in [0, 0.1) is 6.92 Å². The van der Waals surface area contributed by atoms with Crippen molar-refractivity contribution in [3.63, 3.8) is 0 Å². The second kappa shape index (κ2) is 12.5. The summed E-state index contributed by atoms with van der Waals surface area (Å²) < 4.78 is 0. The first-order chi connectivity index (χ1) is 16.0. The fraction of sp³-hybridized carbons (Fsp3) is 0.708. The average molecular weight is 479 g/mol. The van der Waals surface area contributed by atoms with Gasteiger partial charge in [-0.3, -0.25) is 0 Å². The number of aliphatic imine (C=N–C) groups is 1. The predicted molar refractivity (Wildman–Crippen MR) is 134 cm³/mol. The molecule has 0 unspecified atom stereocenters. The van der Waals surface area contributed by atoms with E-state index in [1.807, 2.05) is 18.7 Å². The molecule has 2 aliphatic heterocycles. The van der Waals surface area contributed by atoms with Gasteiger partial charge in [0.1, 0.15) is 17.3 Å². The quantitative estimate of drug-likeness (QED) is 0.337. The van der Waals surface area contributed by atoms with Gasteiger partial charge in [-0.05, 0) is 76.5 Å². The zero-order chi connectivity index (χ0) is 23.8. The molecule has 1 aromatic rings. The van der Waals surface area contributed by atoms with E-state index in [0.717, 1.165) is 86.2 Å². The highest BCUT2D eigenvalue weighted by atomic mass is 35.5. The van der Waals surface area contributed by atoms with Gasteiger partial charge in [-0.25, -0.2) is 15.0 Å². The SMILES string of the molecule is CC(C)=C(/N=C(\c1nc(Cl)nc(N2CCCCC2)c1C)N1CCCCC1)N(CCO)CCO. The van der Waals surface area contributed by atoms with Gasteiger partial charge in [-0.1, -0.05) is 0 Å². The zero-order valence-electron chi connectivity index (χ0n) is 20.4.